The van der Waals surface area contributed by atoms with Crippen LogP contribution >= 0.6 is 0 Å². The van der Waals surface area contributed by atoms with E-state index in [0.717, 1.165) is 22.2 Å². The van der Waals surface area contributed by atoms with Gasteiger partial charge in [-0.25, -0.2) is 9.97 Å². The lowest BCUT2D eigenvalue weighted by molar-refractivity contribution is 1.26. The van der Waals surface area contributed by atoms with Crippen molar-refractivity contribution in [1.82, 2.24) is 19.9 Å². The van der Waals surface area contributed by atoms with Gasteiger partial charge in [0.25, 0.3) is 0 Å². The van der Waals surface area contributed by atoms with Gasteiger partial charge in [0.1, 0.15) is 11.2 Å². The lowest BCUT2D eigenvalue weighted by Gasteiger charge is -1.85. The molecule has 3 heterocycles. The molecule has 3 aromatic rings. The largest absolute Gasteiger partial charge is 0.323 e. The molecular weight excluding hydrogens is 164 g/mol. The molecule has 0 saturated heterocycles. The molecule has 0 unspecified atom stereocenters. The lowest BCUT2D eigenvalue weighted by atomic mass is 10.3. The molecular formula is C9H6N4. The molecule has 0 radical (unpaired) electrons. The van der Waals surface area contributed by atoms with E-state index >= 15 is 0 Å². The fourth-order valence-electron chi connectivity index (χ4n) is 1.43. The normalized spacial score (nSPS) is 11.1. The SMILES string of the molecule is c1cnc2[nH]c3nccnc3c2c1. The Balaban J connectivity index is 2.64. The van der Waals surface area contributed by atoms with Gasteiger partial charge in [0.15, 0.2) is 5.65 Å². The van der Waals surface area contributed by atoms with Crippen molar-refractivity contribution < 1.29 is 0 Å². The molecule has 13 heavy (non-hydrogen) atoms. The fraction of sp³-hybridized carbons (Fsp3) is 0. The van der Waals surface area contributed by atoms with Crippen LogP contribution in [-0.2, 0) is 0 Å². The van der Waals surface area contributed by atoms with Crippen LogP contribution in [-0.4, -0.2) is 19.9 Å². The summed E-state index contributed by atoms with van der Waals surface area (Å²) in [5, 5.41) is 1.02. The van der Waals surface area contributed by atoms with E-state index in [1.807, 2.05) is 12.1 Å². The fourth-order valence-corrected chi connectivity index (χ4v) is 1.43. The predicted molar refractivity (Wildman–Crippen MR) is 49.2 cm³/mol. The van der Waals surface area contributed by atoms with Crippen LogP contribution < -0.4 is 0 Å². The van der Waals surface area contributed by atoms with E-state index in [9.17, 15) is 0 Å². The van der Waals surface area contributed by atoms with E-state index < -0.39 is 0 Å². The Morgan fingerprint density at radius 3 is 2.77 bits per heavy atom. The van der Waals surface area contributed by atoms with Crippen LogP contribution in [0.15, 0.2) is 30.7 Å². The maximum absolute atomic E-state index is 4.24. The first-order valence-corrected chi connectivity index (χ1v) is 3.98. The van der Waals surface area contributed by atoms with Gasteiger partial charge in [-0.1, -0.05) is 0 Å². The second-order valence-electron chi connectivity index (χ2n) is 2.78. The molecule has 3 rings (SSSR count). The standard InChI is InChI=1S/C9H6N4/c1-2-6-7-9(12-5-4-10-7)13-8(6)11-3-1/h1-5H,(H,11,12,13). The third-order valence-corrected chi connectivity index (χ3v) is 2.00. The zero-order valence-electron chi connectivity index (χ0n) is 6.73. The summed E-state index contributed by atoms with van der Waals surface area (Å²) in [4.78, 5) is 15.7. The summed E-state index contributed by atoms with van der Waals surface area (Å²) in [7, 11) is 0. The summed E-state index contributed by atoms with van der Waals surface area (Å²) >= 11 is 0. The van der Waals surface area contributed by atoms with Crippen LogP contribution in [0.2, 0.25) is 0 Å². The van der Waals surface area contributed by atoms with Gasteiger partial charge in [0, 0.05) is 24.0 Å². The van der Waals surface area contributed by atoms with E-state index in [4.69, 9.17) is 0 Å². The first kappa shape index (κ1) is 6.54. The van der Waals surface area contributed by atoms with Crippen LogP contribution in [0.3, 0.4) is 0 Å². The van der Waals surface area contributed by atoms with E-state index in [2.05, 4.69) is 19.9 Å². The maximum Gasteiger partial charge on any atom is 0.158 e. The summed E-state index contributed by atoms with van der Waals surface area (Å²) in [5.41, 5.74) is 2.51. The highest BCUT2D eigenvalue weighted by Gasteiger charge is 2.04. The van der Waals surface area contributed by atoms with E-state index in [1.54, 1.807) is 18.6 Å². The molecule has 1 N–H and O–H groups in total. The molecule has 62 valence electrons. The third-order valence-electron chi connectivity index (χ3n) is 2.00. The Kier molecular flexibility index (Phi) is 1.14. The number of nitrogens with zero attached hydrogens (tertiary/aromatic N) is 3. The van der Waals surface area contributed by atoms with Crippen molar-refractivity contribution >= 4 is 22.2 Å². The van der Waals surface area contributed by atoms with Crippen LogP contribution in [0.1, 0.15) is 0 Å². The minimum Gasteiger partial charge on any atom is -0.323 e. The number of fused-ring (bicyclic) bond motifs is 3. The van der Waals surface area contributed by atoms with Crippen LogP contribution in [0.4, 0.5) is 0 Å². The highest BCUT2D eigenvalue weighted by Crippen LogP contribution is 2.18. The zero-order chi connectivity index (χ0) is 8.67. The van der Waals surface area contributed by atoms with Crippen molar-refractivity contribution in [1.29, 1.82) is 0 Å². The summed E-state index contributed by atoms with van der Waals surface area (Å²) in [6.07, 6.45) is 5.10. The summed E-state index contributed by atoms with van der Waals surface area (Å²) in [6, 6.07) is 3.88. The predicted octanol–water partition coefficient (Wildman–Crippen LogP) is 1.51. The molecule has 3 aromatic heterocycles. The number of hydrogen-bond donors (Lipinski definition) is 1. The molecule has 4 nitrogen and oxygen atoms in total. The smallest absolute Gasteiger partial charge is 0.158 e. The average molecular weight is 170 g/mol. The monoisotopic (exact) mass is 170 g/mol. The number of pyridine rings is 1. The number of nitrogens with one attached hydrogen (secondary N) is 1. The Hall–Kier alpha value is -1.97. The number of H-pyrrole nitrogens is 1. The van der Waals surface area contributed by atoms with E-state index in [1.165, 1.54) is 0 Å². The number of aromatic amines is 1. The summed E-state index contributed by atoms with van der Waals surface area (Å²) < 4.78 is 0. The molecule has 0 aromatic carbocycles. The molecule has 0 aliphatic rings. The molecule has 0 saturated carbocycles. The van der Waals surface area contributed by atoms with E-state index in [-0.39, 0.29) is 0 Å². The van der Waals surface area contributed by atoms with Crippen LogP contribution in [0.25, 0.3) is 22.2 Å². The van der Waals surface area contributed by atoms with Crippen molar-refractivity contribution in [2.24, 2.45) is 0 Å². The van der Waals surface area contributed by atoms with Crippen molar-refractivity contribution in [2.45, 2.75) is 0 Å². The minimum atomic E-state index is 0.788. The van der Waals surface area contributed by atoms with Gasteiger partial charge in [-0.3, -0.25) is 4.98 Å². The second-order valence-corrected chi connectivity index (χ2v) is 2.78. The number of hydrogen-bond acceptors (Lipinski definition) is 3. The average Bonchev–Trinajstić information content (AvgIpc) is 2.56. The molecule has 0 bridgehead atoms. The first-order valence-electron chi connectivity index (χ1n) is 3.98. The van der Waals surface area contributed by atoms with Crippen molar-refractivity contribution in [3.63, 3.8) is 0 Å². The summed E-state index contributed by atoms with van der Waals surface area (Å²) in [5.74, 6) is 0. The van der Waals surface area contributed by atoms with Gasteiger partial charge < -0.3 is 4.98 Å². The highest BCUT2D eigenvalue weighted by atomic mass is 15.0. The highest BCUT2D eigenvalue weighted by molar-refractivity contribution is 6.01. The van der Waals surface area contributed by atoms with Crippen molar-refractivity contribution in [2.75, 3.05) is 0 Å². The summed E-state index contributed by atoms with van der Waals surface area (Å²) in [6.45, 7) is 0. The molecule has 0 aliphatic heterocycles. The molecule has 0 fully saturated rings. The number of aromatic nitrogens is 4. The second kappa shape index (κ2) is 2.26. The third kappa shape index (κ3) is 0.823. The molecule has 4 heteroatoms. The molecule has 0 atom stereocenters. The Morgan fingerprint density at radius 2 is 1.77 bits per heavy atom. The van der Waals surface area contributed by atoms with Crippen LogP contribution in [0.5, 0.6) is 0 Å². The Labute approximate surface area is 73.7 Å². The number of rotatable bonds is 0. The maximum atomic E-state index is 4.24. The zero-order valence-corrected chi connectivity index (χ0v) is 6.73. The Morgan fingerprint density at radius 1 is 0.923 bits per heavy atom. The van der Waals surface area contributed by atoms with Gasteiger partial charge in [-0.2, -0.15) is 0 Å². The Bertz CT molecular complexity index is 519. The lowest BCUT2D eigenvalue weighted by Crippen LogP contribution is -1.76. The van der Waals surface area contributed by atoms with Crippen LogP contribution in [0, 0.1) is 0 Å². The van der Waals surface area contributed by atoms with Gasteiger partial charge in [0.2, 0.25) is 0 Å². The quantitative estimate of drug-likeness (QED) is 0.556. The molecule has 0 aliphatic carbocycles. The molecule has 0 amide bonds. The van der Waals surface area contributed by atoms with Crippen molar-refractivity contribution in [3.05, 3.63) is 30.7 Å². The first-order chi connectivity index (χ1) is 6.45. The van der Waals surface area contributed by atoms with Gasteiger partial charge >= 0.3 is 0 Å². The van der Waals surface area contributed by atoms with Gasteiger partial charge in [-0.15, -0.1) is 0 Å². The van der Waals surface area contributed by atoms with Crippen molar-refractivity contribution in [3.8, 4) is 0 Å². The molecule has 0 spiro atoms. The minimum absolute atomic E-state index is 0.788. The van der Waals surface area contributed by atoms with Gasteiger partial charge in [0.05, 0.1) is 0 Å². The van der Waals surface area contributed by atoms with E-state index in [0.29, 0.717) is 0 Å². The topological polar surface area (TPSA) is 54.5 Å². The van der Waals surface area contributed by atoms with Gasteiger partial charge in [-0.05, 0) is 12.1 Å².